The van der Waals surface area contributed by atoms with Gasteiger partial charge in [0.25, 0.3) is 11.8 Å². The molecule has 1 aromatic carbocycles. The maximum atomic E-state index is 12.2. The normalized spacial score (nSPS) is 16.5. The van der Waals surface area contributed by atoms with Crippen LogP contribution in [-0.4, -0.2) is 54.3 Å². The van der Waals surface area contributed by atoms with Gasteiger partial charge in [-0.3, -0.25) is 19.2 Å². The van der Waals surface area contributed by atoms with E-state index in [1.807, 2.05) is 0 Å². The third-order valence-electron chi connectivity index (χ3n) is 4.23. The fraction of sp³-hybridized carbons (Fsp3) is 0.444. The molecule has 9 heteroatoms. The van der Waals surface area contributed by atoms with Gasteiger partial charge in [-0.05, 0) is 43.5 Å². The summed E-state index contributed by atoms with van der Waals surface area (Å²) < 4.78 is 4.94. The lowest BCUT2D eigenvalue weighted by molar-refractivity contribution is -0.154. The summed E-state index contributed by atoms with van der Waals surface area (Å²) in [6.45, 7) is 0.0387. The van der Waals surface area contributed by atoms with Gasteiger partial charge in [-0.25, -0.2) is 0 Å². The molecule has 8 nitrogen and oxygen atoms in total. The highest BCUT2D eigenvalue weighted by Crippen LogP contribution is 2.17. The number of carbonyl (C=O) groups is 4. The Morgan fingerprint density at radius 2 is 1.89 bits per heavy atom. The third-order valence-corrected chi connectivity index (χ3v) is 4.48. The van der Waals surface area contributed by atoms with E-state index in [-0.39, 0.29) is 18.9 Å². The molecule has 1 aliphatic rings. The van der Waals surface area contributed by atoms with Crippen LogP contribution in [0.5, 0.6) is 0 Å². The molecule has 0 bridgehead atoms. The van der Waals surface area contributed by atoms with Crippen molar-refractivity contribution in [2.75, 3.05) is 19.7 Å². The molecule has 1 aromatic rings. The number of rotatable bonds is 7. The van der Waals surface area contributed by atoms with Gasteiger partial charge in [0.15, 0.2) is 6.61 Å². The number of nitrogens with zero attached hydrogens (tertiary/aromatic N) is 1. The van der Waals surface area contributed by atoms with E-state index < -0.39 is 30.4 Å². The lowest BCUT2D eigenvalue weighted by Crippen LogP contribution is -2.51. The van der Waals surface area contributed by atoms with Crippen molar-refractivity contribution in [3.05, 3.63) is 34.9 Å². The molecule has 0 aromatic heterocycles. The summed E-state index contributed by atoms with van der Waals surface area (Å²) in [5.74, 6) is -1.96. The second-order valence-corrected chi connectivity index (χ2v) is 6.61. The molecular weight excluding hydrogens is 374 g/mol. The van der Waals surface area contributed by atoms with Crippen LogP contribution in [0.3, 0.4) is 0 Å². The van der Waals surface area contributed by atoms with Gasteiger partial charge in [-0.15, -0.1) is 0 Å². The van der Waals surface area contributed by atoms with Crippen LogP contribution < -0.4 is 11.1 Å². The van der Waals surface area contributed by atoms with Crippen molar-refractivity contribution >= 4 is 35.3 Å². The van der Waals surface area contributed by atoms with E-state index >= 15 is 0 Å². The van der Waals surface area contributed by atoms with Crippen molar-refractivity contribution in [1.29, 1.82) is 0 Å². The van der Waals surface area contributed by atoms with E-state index in [1.165, 1.54) is 4.90 Å². The second kappa shape index (κ2) is 9.91. The van der Waals surface area contributed by atoms with Gasteiger partial charge in [-0.1, -0.05) is 11.6 Å². The number of benzene rings is 1. The van der Waals surface area contributed by atoms with Gasteiger partial charge in [-0.2, -0.15) is 0 Å². The number of halogens is 1. The number of primary amides is 1. The highest BCUT2D eigenvalue weighted by atomic mass is 35.5. The number of likely N-dealkylation sites (tertiary alicyclic amines) is 1. The maximum Gasteiger partial charge on any atom is 0.308 e. The number of nitrogens with two attached hydrogens (primary N) is 1. The third kappa shape index (κ3) is 6.25. The van der Waals surface area contributed by atoms with E-state index in [1.54, 1.807) is 24.3 Å². The quantitative estimate of drug-likeness (QED) is 0.664. The van der Waals surface area contributed by atoms with E-state index in [4.69, 9.17) is 22.1 Å². The Labute approximate surface area is 162 Å². The number of piperidine rings is 1. The van der Waals surface area contributed by atoms with Crippen molar-refractivity contribution in [3.63, 3.8) is 0 Å². The highest BCUT2D eigenvalue weighted by molar-refractivity contribution is 6.30. The monoisotopic (exact) mass is 395 g/mol. The van der Waals surface area contributed by atoms with Crippen LogP contribution in [0.4, 0.5) is 0 Å². The van der Waals surface area contributed by atoms with Crippen molar-refractivity contribution in [2.24, 2.45) is 5.73 Å². The fourth-order valence-corrected chi connectivity index (χ4v) is 2.93. The smallest absolute Gasteiger partial charge is 0.308 e. The average molecular weight is 396 g/mol. The molecule has 1 fully saturated rings. The first-order valence-corrected chi connectivity index (χ1v) is 9.04. The van der Waals surface area contributed by atoms with Gasteiger partial charge in [0, 0.05) is 23.7 Å². The summed E-state index contributed by atoms with van der Waals surface area (Å²) >= 11 is 5.76. The van der Waals surface area contributed by atoms with Crippen LogP contribution in [0, 0.1) is 0 Å². The Morgan fingerprint density at radius 1 is 1.19 bits per heavy atom. The summed E-state index contributed by atoms with van der Waals surface area (Å²) in [5, 5.41) is 3.10. The first kappa shape index (κ1) is 20.7. The summed E-state index contributed by atoms with van der Waals surface area (Å²) in [6.07, 6.45) is 2.04. The number of carbonyl (C=O) groups excluding carboxylic acids is 4. The number of nitrogens with one attached hydrogen (secondary N) is 1. The van der Waals surface area contributed by atoms with Crippen LogP contribution >= 0.6 is 11.6 Å². The van der Waals surface area contributed by atoms with E-state index in [0.29, 0.717) is 23.6 Å². The Kier molecular flexibility index (Phi) is 7.60. The SMILES string of the molecule is NC(=O)[C@@H]1CCCCN1C(=O)COC(=O)CCNC(=O)c1ccc(Cl)cc1. The van der Waals surface area contributed by atoms with Gasteiger partial charge in [0.05, 0.1) is 6.42 Å². The molecule has 0 aliphatic carbocycles. The molecule has 0 saturated carbocycles. The first-order chi connectivity index (χ1) is 12.9. The number of ether oxygens (including phenoxy) is 1. The Bertz CT molecular complexity index is 707. The number of esters is 1. The van der Waals surface area contributed by atoms with Crippen LogP contribution in [0.1, 0.15) is 36.0 Å². The summed E-state index contributed by atoms with van der Waals surface area (Å²) in [4.78, 5) is 48.6. The maximum absolute atomic E-state index is 12.2. The molecule has 2 rings (SSSR count). The summed E-state index contributed by atoms with van der Waals surface area (Å²) in [5.41, 5.74) is 5.74. The standard InChI is InChI=1S/C18H22ClN3O5/c19-13-6-4-12(5-7-13)18(26)21-9-8-16(24)27-11-15(23)22-10-2-1-3-14(22)17(20)25/h4-7,14H,1-3,8-11H2,(H2,20,25)(H,21,26)/t14-/m0/s1. The zero-order valence-electron chi connectivity index (χ0n) is 14.8. The molecule has 27 heavy (non-hydrogen) atoms. The second-order valence-electron chi connectivity index (χ2n) is 6.17. The van der Waals surface area contributed by atoms with Crippen molar-refractivity contribution in [1.82, 2.24) is 10.2 Å². The van der Waals surface area contributed by atoms with Crippen LogP contribution in [0.2, 0.25) is 5.02 Å². The van der Waals surface area contributed by atoms with E-state index in [2.05, 4.69) is 5.32 Å². The minimum atomic E-state index is -0.649. The molecule has 3 N–H and O–H groups in total. The van der Waals surface area contributed by atoms with Crippen LogP contribution in [-0.2, 0) is 19.1 Å². The fourth-order valence-electron chi connectivity index (χ4n) is 2.80. The van der Waals surface area contributed by atoms with Gasteiger partial charge >= 0.3 is 5.97 Å². The molecule has 1 aliphatic heterocycles. The van der Waals surface area contributed by atoms with Gasteiger partial charge in [0.1, 0.15) is 6.04 Å². The molecule has 1 atom stereocenters. The highest BCUT2D eigenvalue weighted by Gasteiger charge is 2.30. The lowest BCUT2D eigenvalue weighted by Gasteiger charge is -2.33. The Balaban J connectivity index is 1.71. The lowest BCUT2D eigenvalue weighted by atomic mass is 10.0. The number of amides is 3. The molecule has 0 radical (unpaired) electrons. The predicted octanol–water partition coefficient (Wildman–Crippen LogP) is 0.869. The average Bonchev–Trinajstić information content (AvgIpc) is 2.66. The number of hydrogen-bond donors (Lipinski definition) is 2. The molecule has 0 spiro atoms. The molecular formula is C18H22ClN3O5. The molecule has 1 saturated heterocycles. The zero-order valence-corrected chi connectivity index (χ0v) is 15.5. The summed E-state index contributed by atoms with van der Waals surface area (Å²) in [6, 6.07) is 5.68. The minimum absolute atomic E-state index is 0.0715. The van der Waals surface area contributed by atoms with Gasteiger partial charge in [0.2, 0.25) is 5.91 Å². The summed E-state index contributed by atoms with van der Waals surface area (Å²) in [7, 11) is 0. The van der Waals surface area contributed by atoms with Crippen molar-refractivity contribution in [3.8, 4) is 0 Å². The predicted molar refractivity (Wildman–Crippen MR) is 97.9 cm³/mol. The largest absolute Gasteiger partial charge is 0.456 e. The van der Waals surface area contributed by atoms with Crippen LogP contribution in [0.15, 0.2) is 24.3 Å². The number of hydrogen-bond acceptors (Lipinski definition) is 5. The first-order valence-electron chi connectivity index (χ1n) is 8.66. The Morgan fingerprint density at radius 3 is 2.56 bits per heavy atom. The van der Waals surface area contributed by atoms with E-state index in [0.717, 1.165) is 12.8 Å². The zero-order chi connectivity index (χ0) is 19.8. The molecule has 3 amide bonds. The van der Waals surface area contributed by atoms with E-state index in [9.17, 15) is 19.2 Å². The van der Waals surface area contributed by atoms with Crippen LogP contribution in [0.25, 0.3) is 0 Å². The molecule has 0 unspecified atom stereocenters. The molecule has 146 valence electrons. The van der Waals surface area contributed by atoms with Crippen molar-refractivity contribution in [2.45, 2.75) is 31.7 Å². The molecule has 1 heterocycles. The topological polar surface area (TPSA) is 119 Å². The van der Waals surface area contributed by atoms with Gasteiger partial charge < -0.3 is 20.7 Å². The minimum Gasteiger partial charge on any atom is -0.456 e. The Hall–Kier alpha value is -2.61. The van der Waals surface area contributed by atoms with Crippen molar-refractivity contribution < 1.29 is 23.9 Å².